The van der Waals surface area contributed by atoms with Crippen LogP contribution in [0.15, 0.2) is 12.2 Å². The number of Topliss-reactive ketones (excluding diaryl/α,β-unsaturated/α-hetero) is 1. The Morgan fingerprint density at radius 1 is 1.50 bits per heavy atom. The minimum Gasteiger partial charge on any atom is -0.370 e. The normalized spacial score (nSPS) is 27.7. The minimum atomic E-state index is -4.65. The van der Waals surface area contributed by atoms with E-state index in [2.05, 4.69) is 6.58 Å². The van der Waals surface area contributed by atoms with Gasteiger partial charge in [-0.2, -0.15) is 13.2 Å². The number of hydrogen-bond donors (Lipinski definition) is 0. The number of rotatable bonds is 2. The van der Waals surface area contributed by atoms with Crippen molar-refractivity contribution < 1.29 is 22.7 Å². The molecular formula is C9H11F3O2. The minimum absolute atomic E-state index is 0.165. The number of ketones is 1. The molecule has 0 aromatic rings. The number of ether oxygens (including phenoxy) is 1. The molecule has 0 aliphatic carbocycles. The van der Waals surface area contributed by atoms with Crippen molar-refractivity contribution in [3.63, 3.8) is 0 Å². The molecule has 1 rings (SSSR count). The van der Waals surface area contributed by atoms with Gasteiger partial charge in [0.05, 0.1) is 5.57 Å². The van der Waals surface area contributed by atoms with Crippen LogP contribution in [0.1, 0.15) is 13.3 Å². The molecule has 2 atom stereocenters. The lowest BCUT2D eigenvalue weighted by Crippen LogP contribution is -2.31. The van der Waals surface area contributed by atoms with Crippen molar-refractivity contribution >= 4 is 5.78 Å². The highest BCUT2D eigenvalue weighted by Gasteiger charge is 2.42. The SMILES string of the molecule is C=C(C(=O)C1OCCC1C)C(F)(F)F. The van der Waals surface area contributed by atoms with Gasteiger partial charge in [-0.15, -0.1) is 0 Å². The van der Waals surface area contributed by atoms with E-state index >= 15 is 0 Å². The number of hydrogen-bond acceptors (Lipinski definition) is 2. The lowest BCUT2D eigenvalue weighted by Gasteiger charge is -2.16. The Hall–Kier alpha value is -0.840. The van der Waals surface area contributed by atoms with Crippen molar-refractivity contribution in [2.75, 3.05) is 6.61 Å². The summed E-state index contributed by atoms with van der Waals surface area (Å²) >= 11 is 0. The second kappa shape index (κ2) is 3.73. The van der Waals surface area contributed by atoms with Crippen molar-refractivity contribution in [1.82, 2.24) is 0 Å². The van der Waals surface area contributed by atoms with E-state index in [0.717, 1.165) is 0 Å². The second-order valence-corrected chi connectivity index (χ2v) is 3.40. The number of carbonyl (C=O) groups excluding carboxylic acids is 1. The summed E-state index contributed by atoms with van der Waals surface area (Å²) in [5.41, 5.74) is -1.32. The zero-order valence-corrected chi connectivity index (χ0v) is 7.73. The average Bonchev–Trinajstić information content (AvgIpc) is 2.47. The van der Waals surface area contributed by atoms with Crippen LogP contribution in [-0.2, 0) is 9.53 Å². The maximum atomic E-state index is 12.1. The number of alkyl halides is 3. The van der Waals surface area contributed by atoms with Gasteiger partial charge in [0.25, 0.3) is 0 Å². The largest absolute Gasteiger partial charge is 0.419 e. The summed E-state index contributed by atoms with van der Waals surface area (Å²) in [6.07, 6.45) is -5.01. The Balaban J connectivity index is 2.70. The fourth-order valence-electron chi connectivity index (χ4n) is 1.34. The Morgan fingerprint density at radius 3 is 2.43 bits per heavy atom. The highest BCUT2D eigenvalue weighted by Crippen LogP contribution is 2.30. The third kappa shape index (κ3) is 2.15. The van der Waals surface area contributed by atoms with Crippen LogP contribution in [0.25, 0.3) is 0 Å². The van der Waals surface area contributed by atoms with E-state index in [-0.39, 0.29) is 5.92 Å². The second-order valence-electron chi connectivity index (χ2n) is 3.40. The van der Waals surface area contributed by atoms with Gasteiger partial charge >= 0.3 is 6.18 Å². The first-order valence-electron chi connectivity index (χ1n) is 4.26. The fourth-order valence-corrected chi connectivity index (χ4v) is 1.34. The third-order valence-corrected chi connectivity index (χ3v) is 2.29. The lowest BCUT2D eigenvalue weighted by molar-refractivity contribution is -0.137. The molecule has 14 heavy (non-hydrogen) atoms. The Bertz CT molecular complexity index is 257. The summed E-state index contributed by atoms with van der Waals surface area (Å²) in [5.74, 6) is -1.20. The quantitative estimate of drug-likeness (QED) is 0.649. The molecule has 0 aromatic carbocycles. The lowest BCUT2D eigenvalue weighted by atomic mass is 9.97. The van der Waals surface area contributed by atoms with Gasteiger partial charge in [-0.1, -0.05) is 13.5 Å². The first-order chi connectivity index (χ1) is 6.34. The van der Waals surface area contributed by atoms with Gasteiger partial charge in [0, 0.05) is 6.61 Å². The summed E-state index contributed by atoms with van der Waals surface area (Å²) in [6, 6.07) is 0. The molecule has 1 fully saturated rings. The van der Waals surface area contributed by atoms with Crippen molar-refractivity contribution in [2.24, 2.45) is 5.92 Å². The van der Waals surface area contributed by atoms with E-state index < -0.39 is 23.6 Å². The van der Waals surface area contributed by atoms with Crippen LogP contribution in [0.2, 0.25) is 0 Å². The third-order valence-electron chi connectivity index (χ3n) is 2.29. The zero-order chi connectivity index (χ0) is 10.9. The first-order valence-corrected chi connectivity index (χ1v) is 4.26. The van der Waals surface area contributed by atoms with Gasteiger partial charge in [0.1, 0.15) is 6.10 Å². The number of carbonyl (C=O) groups is 1. The number of halogens is 3. The maximum Gasteiger partial charge on any atom is 0.419 e. The van der Waals surface area contributed by atoms with Crippen LogP contribution in [0.4, 0.5) is 13.2 Å². The molecule has 1 aliphatic rings. The molecule has 2 nitrogen and oxygen atoms in total. The highest BCUT2D eigenvalue weighted by molar-refractivity contribution is 5.99. The van der Waals surface area contributed by atoms with Crippen molar-refractivity contribution in [3.8, 4) is 0 Å². The van der Waals surface area contributed by atoms with E-state index in [1.54, 1.807) is 6.92 Å². The fraction of sp³-hybridized carbons (Fsp3) is 0.667. The summed E-state index contributed by atoms with van der Waals surface area (Å²) in [5, 5.41) is 0. The molecule has 0 saturated carbocycles. The van der Waals surface area contributed by atoms with Gasteiger partial charge in [0.15, 0.2) is 5.78 Å². The van der Waals surface area contributed by atoms with E-state index in [9.17, 15) is 18.0 Å². The van der Waals surface area contributed by atoms with Gasteiger partial charge < -0.3 is 4.74 Å². The Kier molecular flexibility index (Phi) is 2.99. The molecule has 0 aromatic heterocycles. The predicted octanol–water partition coefficient (Wildman–Crippen LogP) is 2.10. The van der Waals surface area contributed by atoms with Crippen LogP contribution in [0.3, 0.4) is 0 Å². The molecule has 1 saturated heterocycles. The maximum absolute atomic E-state index is 12.1. The van der Waals surface area contributed by atoms with Gasteiger partial charge in [-0.3, -0.25) is 4.79 Å². The van der Waals surface area contributed by atoms with Crippen molar-refractivity contribution in [2.45, 2.75) is 25.6 Å². The standard InChI is InChI=1S/C9H11F3O2/c1-5-3-4-14-8(5)7(13)6(2)9(10,11)12/h5,8H,2-4H2,1H3. The van der Waals surface area contributed by atoms with Crippen LogP contribution in [0.5, 0.6) is 0 Å². The molecule has 0 spiro atoms. The molecule has 0 radical (unpaired) electrons. The van der Waals surface area contributed by atoms with E-state index in [1.165, 1.54) is 0 Å². The topological polar surface area (TPSA) is 26.3 Å². The van der Waals surface area contributed by atoms with Crippen LogP contribution < -0.4 is 0 Å². The molecule has 0 N–H and O–H groups in total. The Labute approximate surface area is 79.7 Å². The van der Waals surface area contributed by atoms with E-state index in [4.69, 9.17) is 4.74 Å². The van der Waals surface area contributed by atoms with Gasteiger partial charge in [0.2, 0.25) is 0 Å². The van der Waals surface area contributed by atoms with E-state index in [0.29, 0.717) is 13.0 Å². The summed E-state index contributed by atoms with van der Waals surface area (Å²) < 4.78 is 41.2. The molecule has 80 valence electrons. The molecular weight excluding hydrogens is 197 g/mol. The van der Waals surface area contributed by atoms with Crippen LogP contribution in [0, 0.1) is 5.92 Å². The summed E-state index contributed by atoms with van der Waals surface area (Å²) in [6.45, 7) is 4.78. The molecule has 0 amide bonds. The van der Waals surface area contributed by atoms with Crippen LogP contribution >= 0.6 is 0 Å². The van der Waals surface area contributed by atoms with Gasteiger partial charge in [-0.25, -0.2) is 0 Å². The van der Waals surface area contributed by atoms with Gasteiger partial charge in [-0.05, 0) is 12.3 Å². The molecule has 5 heteroatoms. The van der Waals surface area contributed by atoms with Crippen molar-refractivity contribution in [3.05, 3.63) is 12.2 Å². The summed E-state index contributed by atoms with van der Waals surface area (Å²) in [4.78, 5) is 11.3. The smallest absolute Gasteiger partial charge is 0.370 e. The molecule has 0 bridgehead atoms. The monoisotopic (exact) mass is 208 g/mol. The first kappa shape index (κ1) is 11.2. The average molecular weight is 208 g/mol. The summed E-state index contributed by atoms with van der Waals surface area (Å²) in [7, 11) is 0. The van der Waals surface area contributed by atoms with E-state index in [1.807, 2.05) is 0 Å². The molecule has 2 unspecified atom stereocenters. The highest BCUT2D eigenvalue weighted by atomic mass is 19.4. The Morgan fingerprint density at radius 2 is 2.07 bits per heavy atom. The predicted molar refractivity (Wildman–Crippen MR) is 43.7 cm³/mol. The van der Waals surface area contributed by atoms with Crippen LogP contribution in [-0.4, -0.2) is 24.7 Å². The van der Waals surface area contributed by atoms with Crippen molar-refractivity contribution in [1.29, 1.82) is 0 Å². The zero-order valence-electron chi connectivity index (χ0n) is 7.73. The molecule has 1 heterocycles. The molecule has 1 aliphatic heterocycles.